The Morgan fingerprint density at radius 1 is 1.17 bits per heavy atom. The quantitative estimate of drug-likeness (QED) is 0.368. The van der Waals surface area contributed by atoms with Crippen LogP contribution in [0.5, 0.6) is 0 Å². The monoisotopic (exact) mass is 182 g/mol. The Labute approximate surface area is 68.0 Å². The van der Waals surface area contributed by atoms with E-state index in [0.717, 1.165) is 0 Å². The Balaban J connectivity index is 2.63. The van der Waals surface area contributed by atoms with Crippen molar-refractivity contribution in [3.63, 3.8) is 0 Å². The molecule has 0 aromatic rings. The van der Waals surface area contributed by atoms with E-state index in [2.05, 4.69) is 4.74 Å². The molecular weight excluding hydrogens is 171 g/mol. The minimum atomic E-state index is -2.04. The van der Waals surface area contributed by atoms with Gasteiger partial charge in [0.15, 0.2) is 12.5 Å². The summed E-state index contributed by atoms with van der Waals surface area (Å²) in [6.45, 7) is -0.581. The molecular formula is C6H11FO5. The molecule has 5 nitrogen and oxygen atoms in total. The summed E-state index contributed by atoms with van der Waals surface area (Å²) < 4.78 is 17.1. The van der Waals surface area contributed by atoms with Crippen LogP contribution in [0.15, 0.2) is 0 Å². The second kappa shape index (κ2) is 3.63. The van der Waals surface area contributed by atoms with Crippen LogP contribution in [0.3, 0.4) is 0 Å². The van der Waals surface area contributed by atoms with Gasteiger partial charge in [-0.1, -0.05) is 0 Å². The number of ether oxygens (including phenoxy) is 1. The molecule has 1 aliphatic heterocycles. The van der Waals surface area contributed by atoms with E-state index < -0.39 is 37.4 Å². The third kappa shape index (κ3) is 1.57. The van der Waals surface area contributed by atoms with Gasteiger partial charge in [-0.15, -0.1) is 0 Å². The summed E-state index contributed by atoms with van der Waals surface area (Å²) in [5.74, 6) is 0. The number of aliphatic hydroxyl groups excluding tert-OH is 4. The van der Waals surface area contributed by atoms with Gasteiger partial charge in [0.2, 0.25) is 0 Å². The van der Waals surface area contributed by atoms with Crippen molar-refractivity contribution >= 4 is 0 Å². The summed E-state index contributed by atoms with van der Waals surface area (Å²) in [4.78, 5) is 0. The van der Waals surface area contributed by atoms with Crippen molar-refractivity contribution < 1.29 is 29.6 Å². The molecule has 0 unspecified atom stereocenters. The van der Waals surface area contributed by atoms with E-state index in [9.17, 15) is 4.39 Å². The third-order valence-corrected chi connectivity index (χ3v) is 1.82. The molecule has 0 aromatic carbocycles. The maximum absolute atomic E-state index is 12.7. The molecule has 0 spiro atoms. The predicted octanol–water partition coefficient (Wildman–Crippen LogP) is -2.24. The second-order valence-corrected chi connectivity index (χ2v) is 2.67. The lowest BCUT2D eigenvalue weighted by Gasteiger charge is -2.36. The van der Waals surface area contributed by atoms with Gasteiger partial charge in [-0.25, -0.2) is 4.39 Å². The van der Waals surface area contributed by atoms with Crippen LogP contribution in [-0.2, 0) is 4.74 Å². The van der Waals surface area contributed by atoms with Crippen LogP contribution in [0.25, 0.3) is 0 Å². The van der Waals surface area contributed by atoms with Gasteiger partial charge >= 0.3 is 0 Å². The van der Waals surface area contributed by atoms with Crippen LogP contribution in [-0.4, -0.2) is 57.8 Å². The molecule has 0 aromatic heterocycles. The van der Waals surface area contributed by atoms with Crippen molar-refractivity contribution in [2.75, 3.05) is 6.61 Å². The first-order chi connectivity index (χ1) is 5.57. The first-order valence-electron chi connectivity index (χ1n) is 3.52. The Morgan fingerprint density at radius 2 is 1.75 bits per heavy atom. The van der Waals surface area contributed by atoms with E-state index in [0.29, 0.717) is 0 Å². The van der Waals surface area contributed by atoms with Gasteiger partial charge in [0.05, 0.1) is 6.61 Å². The van der Waals surface area contributed by atoms with E-state index in [1.54, 1.807) is 0 Å². The van der Waals surface area contributed by atoms with Crippen LogP contribution < -0.4 is 0 Å². The largest absolute Gasteiger partial charge is 0.394 e. The normalized spacial score (nSPS) is 49.2. The number of hydrogen-bond donors (Lipinski definition) is 4. The lowest BCUT2D eigenvalue weighted by atomic mass is 10.0. The van der Waals surface area contributed by atoms with Crippen LogP contribution in [0.1, 0.15) is 0 Å². The number of aliphatic hydroxyl groups is 4. The van der Waals surface area contributed by atoms with Gasteiger partial charge < -0.3 is 25.2 Å². The van der Waals surface area contributed by atoms with Crippen LogP contribution in [0, 0.1) is 0 Å². The molecule has 4 N–H and O–H groups in total. The molecule has 5 atom stereocenters. The number of halogens is 1. The fourth-order valence-corrected chi connectivity index (χ4v) is 1.06. The molecule has 1 fully saturated rings. The molecule has 72 valence electrons. The molecule has 1 heterocycles. The zero-order valence-electron chi connectivity index (χ0n) is 6.17. The van der Waals surface area contributed by atoms with Gasteiger partial charge in [0.1, 0.15) is 18.3 Å². The maximum atomic E-state index is 12.7. The van der Waals surface area contributed by atoms with Crippen molar-refractivity contribution in [1.29, 1.82) is 0 Å². The molecule has 1 rings (SSSR count). The fraction of sp³-hybridized carbons (Fsp3) is 1.00. The molecule has 1 aliphatic rings. The maximum Gasteiger partial charge on any atom is 0.189 e. The van der Waals surface area contributed by atoms with Crippen molar-refractivity contribution in [3.05, 3.63) is 0 Å². The summed E-state index contributed by atoms with van der Waals surface area (Å²) in [5, 5.41) is 35.3. The van der Waals surface area contributed by atoms with Crippen LogP contribution in [0.4, 0.5) is 4.39 Å². The third-order valence-electron chi connectivity index (χ3n) is 1.82. The Kier molecular flexibility index (Phi) is 2.97. The predicted molar refractivity (Wildman–Crippen MR) is 34.9 cm³/mol. The Hall–Kier alpha value is -0.270. The Morgan fingerprint density at radius 3 is 2.25 bits per heavy atom. The molecule has 0 aliphatic carbocycles. The van der Waals surface area contributed by atoms with Gasteiger partial charge in [-0.2, -0.15) is 0 Å². The smallest absolute Gasteiger partial charge is 0.189 e. The molecule has 12 heavy (non-hydrogen) atoms. The molecule has 6 heteroatoms. The van der Waals surface area contributed by atoms with Crippen molar-refractivity contribution in [1.82, 2.24) is 0 Å². The van der Waals surface area contributed by atoms with Gasteiger partial charge in [-0.05, 0) is 0 Å². The van der Waals surface area contributed by atoms with E-state index in [-0.39, 0.29) is 0 Å². The summed E-state index contributed by atoms with van der Waals surface area (Å²) in [7, 11) is 0. The second-order valence-electron chi connectivity index (χ2n) is 2.67. The van der Waals surface area contributed by atoms with Crippen LogP contribution >= 0.6 is 0 Å². The highest BCUT2D eigenvalue weighted by Crippen LogP contribution is 2.21. The van der Waals surface area contributed by atoms with E-state index >= 15 is 0 Å². The standard InChI is InChI=1S/C6H11FO5/c7-3-5(10)4(9)2(1-8)12-6(3)11/h2-6,8-11H,1H2/t2-,3+,4+,5+,6-/m0/s1. The van der Waals surface area contributed by atoms with Gasteiger partial charge in [0.25, 0.3) is 0 Å². The minimum Gasteiger partial charge on any atom is -0.394 e. The highest BCUT2D eigenvalue weighted by atomic mass is 19.1. The Bertz CT molecular complexity index is 150. The molecule has 0 radical (unpaired) electrons. The van der Waals surface area contributed by atoms with E-state index in [1.165, 1.54) is 0 Å². The SMILES string of the molecule is OC[C@@H]1O[C@H](O)[C@H](F)[C@@H](O)[C@@H]1O. The van der Waals surface area contributed by atoms with Gasteiger partial charge in [-0.3, -0.25) is 0 Å². The average Bonchev–Trinajstić information content (AvgIpc) is 2.08. The average molecular weight is 182 g/mol. The highest BCUT2D eigenvalue weighted by molar-refractivity contribution is 4.88. The lowest BCUT2D eigenvalue weighted by molar-refractivity contribution is -0.271. The molecule has 0 saturated carbocycles. The summed E-state index contributed by atoms with van der Waals surface area (Å²) in [6, 6.07) is 0. The first kappa shape index (κ1) is 9.82. The van der Waals surface area contributed by atoms with Crippen molar-refractivity contribution in [2.45, 2.75) is 30.8 Å². The first-order valence-corrected chi connectivity index (χ1v) is 3.52. The minimum absolute atomic E-state index is 0.581. The number of rotatable bonds is 1. The molecule has 0 bridgehead atoms. The van der Waals surface area contributed by atoms with Gasteiger partial charge in [0, 0.05) is 0 Å². The fourth-order valence-electron chi connectivity index (χ4n) is 1.06. The molecule has 1 saturated heterocycles. The lowest BCUT2D eigenvalue weighted by Crippen LogP contribution is -2.56. The van der Waals surface area contributed by atoms with Crippen LogP contribution in [0.2, 0.25) is 0 Å². The topological polar surface area (TPSA) is 90.2 Å². The summed E-state index contributed by atoms with van der Waals surface area (Å²) in [5.41, 5.74) is 0. The van der Waals surface area contributed by atoms with E-state index in [4.69, 9.17) is 20.4 Å². The zero-order valence-corrected chi connectivity index (χ0v) is 6.17. The summed E-state index contributed by atoms with van der Waals surface area (Å²) in [6.07, 6.45) is -8.19. The van der Waals surface area contributed by atoms with E-state index in [1.807, 2.05) is 0 Å². The number of hydrogen-bond acceptors (Lipinski definition) is 5. The zero-order chi connectivity index (χ0) is 9.30. The van der Waals surface area contributed by atoms with Crippen molar-refractivity contribution in [3.8, 4) is 0 Å². The van der Waals surface area contributed by atoms with Crippen molar-refractivity contribution in [2.24, 2.45) is 0 Å². The molecule has 0 amide bonds. The summed E-state index contributed by atoms with van der Waals surface area (Å²) >= 11 is 0. The number of alkyl halides is 1. The highest BCUT2D eigenvalue weighted by Gasteiger charge is 2.43.